The van der Waals surface area contributed by atoms with Gasteiger partial charge in [-0.25, -0.2) is 18.7 Å². The third-order valence-corrected chi connectivity index (χ3v) is 5.16. The van der Waals surface area contributed by atoms with Crippen molar-refractivity contribution >= 4 is 17.4 Å². The number of halogens is 5. The molecule has 0 saturated carbocycles. The average Bonchev–Trinajstić information content (AvgIpc) is 3.14. The van der Waals surface area contributed by atoms with Gasteiger partial charge in [0.1, 0.15) is 40.7 Å². The van der Waals surface area contributed by atoms with Crippen LogP contribution in [0.15, 0.2) is 53.9 Å². The first-order valence-electron chi connectivity index (χ1n) is 9.26. The van der Waals surface area contributed by atoms with Crippen LogP contribution in [0.5, 0.6) is 0 Å². The molecule has 0 aliphatic heterocycles. The molecule has 0 radical (unpaired) electrons. The van der Waals surface area contributed by atoms with Gasteiger partial charge in [-0.3, -0.25) is 9.38 Å². The molecule has 4 rings (SSSR count). The zero-order valence-corrected chi connectivity index (χ0v) is 17.2. The van der Waals surface area contributed by atoms with Gasteiger partial charge in [0.15, 0.2) is 0 Å². The number of hydrogen-bond donors (Lipinski definition) is 0. The lowest BCUT2D eigenvalue weighted by atomic mass is 10.2. The summed E-state index contributed by atoms with van der Waals surface area (Å²) in [5.41, 5.74) is 0.625. The summed E-state index contributed by atoms with van der Waals surface area (Å²) < 4.78 is 66.8. The maximum Gasteiger partial charge on any atom is 0.433 e. The zero-order valence-electron chi connectivity index (χ0n) is 16.4. The van der Waals surface area contributed by atoms with Crippen LogP contribution in [0, 0.1) is 23.5 Å². The Balaban J connectivity index is 1.71. The van der Waals surface area contributed by atoms with Crippen LogP contribution < -0.4 is 0 Å². The van der Waals surface area contributed by atoms with Gasteiger partial charge in [-0.1, -0.05) is 18.8 Å². The quantitative estimate of drug-likeness (QED) is 0.227. The number of benzene rings is 1. The summed E-state index contributed by atoms with van der Waals surface area (Å²) in [4.78, 5) is 12.8. The average molecular weight is 460 g/mol. The van der Waals surface area contributed by atoms with Gasteiger partial charge in [-0.2, -0.15) is 13.2 Å². The number of nitrogens with zero attached hydrogens (tertiary/aromatic N) is 4. The van der Waals surface area contributed by atoms with E-state index in [-0.39, 0.29) is 11.2 Å². The summed E-state index contributed by atoms with van der Waals surface area (Å²) in [6.45, 7) is 1.94. The smallest absolute Gasteiger partial charge is 0.290 e. The van der Waals surface area contributed by atoms with Crippen LogP contribution >= 0.6 is 11.8 Å². The van der Waals surface area contributed by atoms with Crippen molar-refractivity contribution in [3.8, 4) is 23.2 Å². The lowest BCUT2D eigenvalue weighted by Gasteiger charge is -2.05. The summed E-state index contributed by atoms with van der Waals surface area (Å²) >= 11 is 1.46. The van der Waals surface area contributed by atoms with Crippen LogP contribution in [0.1, 0.15) is 23.7 Å². The molecule has 4 aromatic rings. The zero-order chi connectivity index (χ0) is 22.9. The Kier molecular flexibility index (Phi) is 5.84. The van der Waals surface area contributed by atoms with E-state index >= 15 is 0 Å². The van der Waals surface area contributed by atoms with Gasteiger partial charge in [0, 0.05) is 40.5 Å². The van der Waals surface area contributed by atoms with Crippen LogP contribution in [0.2, 0.25) is 0 Å². The standard InChI is InChI=1S/C22H13F5N4S/c1-2-32-18-7-14(4-3-13-5-15(23)8-16(24)6-13)10-28-21(18)17-11-31-12-29-19(22(25,26)27)9-20(31)30-17/h5-12H,2H2,1H3. The van der Waals surface area contributed by atoms with E-state index in [2.05, 4.69) is 26.8 Å². The lowest BCUT2D eigenvalue weighted by molar-refractivity contribution is -0.141. The highest BCUT2D eigenvalue weighted by molar-refractivity contribution is 7.99. The van der Waals surface area contributed by atoms with E-state index in [1.165, 1.54) is 22.4 Å². The second kappa shape index (κ2) is 8.59. The number of rotatable bonds is 3. The monoisotopic (exact) mass is 460 g/mol. The van der Waals surface area contributed by atoms with E-state index in [0.29, 0.717) is 22.7 Å². The minimum Gasteiger partial charge on any atom is -0.290 e. The highest BCUT2D eigenvalue weighted by Gasteiger charge is 2.33. The number of hydrogen-bond acceptors (Lipinski definition) is 4. The Hall–Kier alpha value is -3.45. The summed E-state index contributed by atoms with van der Waals surface area (Å²) in [6, 6.07) is 5.63. The number of fused-ring (bicyclic) bond motifs is 1. The van der Waals surface area contributed by atoms with Crippen molar-refractivity contribution in [2.45, 2.75) is 18.0 Å². The van der Waals surface area contributed by atoms with Crippen molar-refractivity contribution in [2.24, 2.45) is 0 Å². The molecular weight excluding hydrogens is 447 g/mol. The molecule has 3 aromatic heterocycles. The fraction of sp³-hybridized carbons (Fsp3) is 0.136. The predicted molar refractivity (Wildman–Crippen MR) is 110 cm³/mol. The van der Waals surface area contributed by atoms with Crippen molar-refractivity contribution in [1.82, 2.24) is 19.4 Å². The summed E-state index contributed by atoms with van der Waals surface area (Å²) in [7, 11) is 0. The fourth-order valence-corrected chi connectivity index (χ4v) is 3.72. The molecule has 0 aliphatic carbocycles. The van der Waals surface area contributed by atoms with Gasteiger partial charge >= 0.3 is 6.18 Å². The van der Waals surface area contributed by atoms with Crippen molar-refractivity contribution < 1.29 is 22.0 Å². The first-order chi connectivity index (χ1) is 15.2. The maximum atomic E-state index is 13.3. The molecular formula is C22H13F5N4S. The van der Waals surface area contributed by atoms with E-state index in [1.807, 2.05) is 6.92 Å². The normalized spacial score (nSPS) is 11.4. The van der Waals surface area contributed by atoms with Crippen LogP contribution in [-0.2, 0) is 6.18 Å². The molecule has 0 atom stereocenters. The number of alkyl halides is 3. The van der Waals surface area contributed by atoms with Crippen LogP contribution in [0.25, 0.3) is 17.0 Å². The molecule has 10 heteroatoms. The molecule has 0 N–H and O–H groups in total. The Morgan fingerprint density at radius 2 is 1.69 bits per heavy atom. The van der Waals surface area contributed by atoms with Crippen LogP contribution in [0.4, 0.5) is 22.0 Å². The fourth-order valence-electron chi connectivity index (χ4n) is 2.90. The SMILES string of the molecule is CCSc1cc(C#Cc2cc(F)cc(F)c2)cnc1-c1cn2cnc(C(F)(F)F)cc2n1. The second-order valence-corrected chi connectivity index (χ2v) is 7.88. The third kappa shape index (κ3) is 4.73. The van der Waals surface area contributed by atoms with Crippen LogP contribution in [0.3, 0.4) is 0 Å². The van der Waals surface area contributed by atoms with E-state index in [4.69, 9.17) is 0 Å². The van der Waals surface area contributed by atoms with E-state index < -0.39 is 23.5 Å². The maximum absolute atomic E-state index is 13.3. The van der Waals surface area contributed by atoms with Crippen molar-refractivity contribution in [3.05, 3.63) is 77.5 Å². The van der Waals surface area contributed by atoms with Gasteiger partial charge in [0.05, 0.1) is 0 Å². The summed E-state index contributed by atoms with van der Waals surface area (Å²) in [5.74, 6) is 4.78. The molecule has 0 aliphatic rings. The molecule has 1 aromatic carbocycles. The van der Waals surface area contributed by atoms with Crippen molar-refractivity contribution in [3.63, 3.8) is 0 Å². The Bertz CT molecular complexity index is 1350. The highest BCUT2D eigenvalue weighted by atomic mass is 32.2. The Labute approximate surface area is 183 Å². The van der Waals surface area contributed by atoms with Gasteiger partial charge in [0.25, 0.3) is 0 Å². The second-order valence-electron chi connectivity index (χ2n) is 6.58. The molecule has 0 saturated heterocycles. The predicted octanol–water partition coefficient (Wildman–Crippen LogP) is 5.60. The molecule has 32 heavy (non-hydrogen) atoms. The first-order valence-corrected chi connectivity index (χ1v) is 10.2. The molecule has 3 heterocycles. The molecule has 0 unspecified atom stereocenters. The number of imidazole rings is 1. The lowest BCUT2D eigenvalue weighted by Crippen LogP contribution is -2.08. The Morgan fingerprint density at radius 1 is 0.969 bits per heavy atom. The molecule has 0 amide bonds. The molecule has 4 nitrogen and oxygen atoms in total. The highest BCUT2D eigenvalue weighted by Crippen LogP contribution is 2.31. The molecule has 0 spiro atoms. The van der Waals surface area contributed by atoms with E-state index in [1.54, 1.807) is 12.3 Å². The van der Waals surface area contributed by atoms with E-state index in [9.17, 15) is 22.0 Å². The number of thioether (sulfide) groups is 1. The number of pyridine rings is 1. The molecule has 0 fully saturated rings. The third-order valence-electron chi connectivity index (χ3n) is 4.25. The summed E-state index contributed by atoms with van der Waals surface area (Å²) in [5, 5.41) is 0. The minimum atomic E-state index is -4.57. The van der Waals surface area contributed by atoms with Gasteiger partial charge in [0.2, 0.25) is 0 Å². The largest absolute Gasteiger partial charge is 0.433 e. The van der Waals surface area contributed by atoms with Gasteiger partial charge in [-0.05, 0) is 24.0 Å². The van der Waals surface area contributed by atoms with Crippen molar-refractivity contribution in [1.29, 1.82) is 0 Å². The topological polar surface area (TPSA) is 43.1 Å². The van der Waals surface area contributed by atoms with Crippen LogP contribution in [-0.4, -0.2) is 25.1 Å². The Morgan fingerprint density at radius 3 is 2.38 bits per heavy atom. The number of aromatic nitrogens is 4. The first kappa shape index (κ1) is 21.8. The molecule has 0 bridgehead atoms. The minimum absolute atomic E-state index is 0.0913. The summed E-state index contributed by atoms with van der Waals surface area (Å²) in [6.07, 6.45) is -0.494. The van der Waals surface area contributed by atoms with Gasteiger partial charge < -0.3 is 0 Å². The van der Waals surface area contributed by atoms with Gasteiger partial charge in [-0.15, -0.1) is 11.8 Å². The van der Waals surface area contributed by atoms with Crippen molar-refractivity contribution in [2.75, 3.05) is 5.75 Å². The van der Waals surface area contributed by atoms with E-state index in [0.717, 1.165) is 35.5 Å². The molecule has 162 valence electrons.